The van der Waals surface area contributed by atoms with Crippen molar-refractivity contribution in [3.8, 4) is 50.6 Å². The molecule has 4 heterocycles. The Bertz CT molecular complexity index is 3240. The SMILES string of the molecule is CC(C)c1cc(-c2ccccc2)cc(C(C)C)c1-n1c(-c2[c-]ccc3c2oc2ccccc23)nc2ccccc21.Cc1cc(-c2cc(-c3[c-]cccc3)ncc2[Si](C)(C)C)cc(C)n1.[Ir]. The molecular weight excluding hydrogens is 989 g/mol. The number of imidazole rings is 1. The average Bonchev–Trinajstić information content (AvgIpc) is 3.87. The molecule has 0 N–H and O–H groups in total. The zero-order valence-electron chi connectivity index (χ0n) is 38.6. The predicted molar refractivity (Wildman–Crippen MR) is 270 cm³/mol. The Labute approximate surface area is 398 Å². The van der Waals surface area contributed by atoms with Crippen LogP contribution in [0.2, 0.25) is 19.6 Å². The van der Waals surface area contributed by atoms with Crippen LogP contribution < -0.4 is 5.19 Å². The minimum atomic E-state index is -1.51. The van der Waals surface area contributed by atoms with Gasteiger partial charge in [0, 0.05) is 48.8 Å². The Kier molecular flexibility index (Phi) is 13.0. The molecule has 4 aromatic heterocycles. The molecule has 1 radical (unpaired) electrons. The van der Waals surface area contributed by atoms with Gasteiger partial charge in [-0.15, -0.1) is 54.1 Å². The van der Waals surface area contributed by atoms with E-state index in [9.17, 15) is 0 Å². The average molecular weight is 1040 g/mol. The summed E-state index contributed by atoms with van der Waals surface area (Å²) in [6.07, 6.45) is 2.07. The first-order valence-corrected chi connectivity index (χ1v) is 25.8. The molecule has 0 aliphatic carbocycles. The molecule has 0 spiro atoms. The van der Waals surface area contributed by atoms with Crippen molar-refractivity contribution in [1.29, 1.82) is 0 Å². The number of furan rings is 1. The summed E-state index contributed by atoms with van der Waals surface area (Å²) in [5, 5.41) is 3.57. The molecule has 10 rings (SSSR count). The molecule has 0 unspecified atom stereocenters. The van der Waals surface area contributed by atoms with Crippen LogP contribution in [0.25, 0.3) is 83.6 Å². The van der Waals surface area contributed by atoms with Crippen LogP contribution in [0.4, 0.5) is 0 Å². The third-order valence-corrected chi connectivity index (χ3v) is 14.0. The number of hydrogen-bond acceptors (Lipinski definition) is 4. The normalized spacial score (nSPS) is 11.6. The van der Waals surface area contributed by atoms with Crippen LogP contribution in [0.5, 0.6) is 0 Å². The number of hydrogen-bond donors (Lipinski definition) is 0. The van der Waals surface area contributed by atoms with Gasteiger partial charge in [-0.3, -0.25) is 9.97 Å². The number of benzene rings is 6. The summed E-state index contributed by atoms with van der Waals surface area (Å²) < 4.78 is 8.83. The van der Waals surface area contributed by atoms with E-state index in [0.29, 0.717) is 11.8 Å². The maximum atomic E-state index is 6.47. The van der Waals surface area contributed by atoms with Gasteiger partial charge >= 0.3 is 0 Å². The third-order valence-electron chi connectivity index (χ3n) is 12.0. The van der Waals surface area contributed by atoms with Gasteiger partial charge in [-0.05, 0) is 112 Å². The van der Waals surface area contributed by atoms with Crippen LogP contribution in [0, 0.1) is 26.0 Å². The maximum Gasteiger partial charge on any atom is 0.120 e. The Hall–Kier alpha value is -6.24. The predicted octanol–water partition coefficient (Wildman–Crippen LogP) is 15.1. The Balaban J connectivity index is 0.000000198. The van der Waals surface area contributed by atoms with E-state index >= 15 is 0 Å². The Morgan fingerprint density at radius 3 is 1.95 bits per heavy atom. The second-order valence-corrected chi connectivity index (χ2v) is 23.5. The fourth-order valence-electron chi connectivity index (χ4n) is 8.87. The maximum absolute atomic E-state index is 6.47. The summed E-state index contributed by atoms with van der Waals surface area (Å²) in [4.78, 5) is 14.5. The van der Waals surface area contributed by atoms with Crippen LogP contribution in [0.1, 0.15) is 62.0 Å². The van der Waals surface area contributed by atoms with E-state index < -0.39 is 8.07 Å². The topological polar surface area (TPSA) is 56.7 Å². The number of para-hydroxylation sites is 3. The molecule has 0 saturated carbocycles. The molecule has 0 bridgehead atoms. The smallest absolute Gasteiger partial charge is 0.120 e. The van der Waals surface area contributed by atoms with Crippen molar-refractivity contribution >= 4 is 46.2 Å². The van der Waals surface area contributed by atoms with Gasteiger partial charge in [0.2, 0.25) is 0 Å². The first-order chi connectivity index (χ1) is 30.9. The number of aromatic nitrogens is 4. The van der Waals surface area contributed by atoms with Crippen LogP contribution >= 0.6 is 0 Å². The van der Waals surface area contributed by atoms with Crippen molar-refractivity contribution in [3.05, 3.63) is 186 Å². The molecule has 0 aliphatic rings. The molecule has 0 fully saturated rings. The molecule has 6 aromatic carbocycles. The van der Waals surface area contributed by atoms with E-state index in [1.807, 2.05) is 36.4 Å². The van der Waals surface area contributed by atoms with E-state index in [-0.39, 0.29) is 20.1 Å². The standard InChI is InChI=1S/C37H31N2O.C21H23N2Si.Ir/c1-23(2)30-21-26(25-13-6-5-7-14-25)22-31(24(3)4)35(30)39-33-19-10-9-18-32(33)38-37(39)29-17-12-16-28-27-15-8-11-20-34(27)40-36(28)29;1-15-11-18(12-16(2)23-15)19-13-20(17-9-7-6-8-10-17)22-14-21(19)24(3,4)5;/h5-16,18-24H,1-4H3;6-9,11-14H,1-5H3;/q2*-1;. The monoisotopic (exact) mass is 1040 g/mol. The molecule has 327 valence electrons. The van der Waals surface area contributed by atoms with E-state index in [2.05, 4.69) is 198 Å². The number of fused-ring (bicyclic) bond motifs is 4. The molecule has 10 aromatic rings. The van der Waals surface area contributed by atoms with Crippen molar-refractivity contribution in [2.45, 2.75) is 73.0 Å². The minimum Gasteiger partial charge on any atom is -0.501 e. The van der Waals surface area contributed by atoms with Gasteiger partial charge in [-0.2, -0.15) is 0 Å². The van der Waals surface area contributed by atoms with Crippen LogP contribution in [-0.2, 0) is 20.1 Å². The Morgan fingerprint density at radius 1 is 0.615 bits per heavy atom. The zero-order valence-corrected chi connectivity index (χ0v) is 42.0. The summed E-state index contributed by atoms with van der Waals surface area (Å²) in [6.45, 7) is 20.3. The molecule has 65 heavy (non-hydrogen) atoms. The summed E-state index contributed by atoms with van der Waals surface area (Å²) >= 11 is 0. The second kappa shape index (κ2) is 18.7. The first kappa shape index (κ1) is 45.3. The molecule has 0 saturated heterocycles. The molecule has 0 amide bonds. The van der Waals surface area contributed by atoms with Crippen LogP contribution in [-0.4, -0.2) is 27.6 Å². The molecule has 7 heteroatoms. The van der Waals surface area contributed by atoms with Gasteiger partial charge in [0.05, 0.1) is 30.5 Å². The van der Waals surface area contributed by atoms with Crippen molar-refractivity contribution in [2.24, 2.45) is 0 Å². The number of aryl methyl sites for hydroxylation is 2. The quantitative estimate of drug-likeness (QED) is 0.112. The van der Waals surface area contributed by atoms with Crippen molar-refractivity contribution in [1.82, 2.24) is 19.5 Å². The number of nitrogens with zero attached hydrogens (tertiary/aromatic N) is 4. The van der Waals surface area contributed by atoms with E-state index in [1.165, 1.54) is 44.3 Å². The summed E-state index contributed by atoms with van der Waals surface area (Å²) in [5.74, 6) is 1.45. The van der Waals surface area contributed by atoms with Gasteiger partial charge in [-0.1, -0.05) is 125 Å². The van der Waals surface area contributed by atoms with Crippen molar-refractivity contribution < 1.29 is 24.5 Å². The van der Waals surface area contributed by atoms with E-state index in [1.54, 1.807) is 0 Å². The summed E-state index contributed by atoms with van der Waals surface area (Å²) in [6, 6.07) is 57.5. The third kappa shape index (κ3) is 9.06. The van der Waals surface area contributed by atoms with Gasteiger partial charge in [0.1, 0.15) is 5.58 Å². The molecule has 5 nitrogen and oxygen atoms in total. The first-order valence-electron chi connectivity index (χ1n) is 22.3. The minimum absolute atomic E-state index is 0. The molecular formula is C58H54IrN4OSi-2. The van der Waals surface area contributed by atoms with Gasteiger partial charge in [0.25, 0.3) is 0 Å². The molecule has 0 aliphatic heterocycles. The number of pyridine rings is 2. The van der Waals surface area contributed by atoms with Gasteiger partial charge < -0.3 is 14.0 Å². The second-order valence-electron chi connectivity index (χ2n) is 18.4. The van der Waals surface area contributed by atoms with Gasteiger partial charge in [-0.25, -0.2) is 0 Å². The van der Waals surface area contributed by atoms with Crippen LogP contribution in [0.15, 0.2) is 156 Å². The Morgan fingerprint density at radius 2 is 1.28 bits per heavy atom. The zero-order chi connectivity index (χ0) is 44.7. The fourth-order valence-corrected chi connectivity index (χ4v) is 10.4. The van der Waals surface area contributed by atoms with Crippen molar-refractivity contribution in [3.63, 3.8) is 0 Å². The van der Waals surface area contributed by atoms with E-state index in [0.717, 1.165) is 67.0 Å². The van der Waals surface area contributed by atoms with Crippen molar-refractivity contribution in [2.75, 3.05) is 0 Å². The summed E-state index contributed by atoms with van der Waals surface area (Å²) in [5.41, 5.74) is 17.5. The molecule has 0 atom stereocenters. The largest absolute Gasteiger partial charge is 0.501 e. The van der Waals surface area contributed by atoms with Gasteiger partial charge in [0.15, 0.2) is 0 Å². The van der Waals surface area contributed by atoms with E-state index in [4.69, 9.17) is 14.4 Å². The van der Waals surface area contributed by atoms with Crippen LogP contribution in [0.3, 0.4) is 0 Å². The fraction of sp³-hybridized carbons (Fsp3) is 0.190. The number of rotatable bonds is 8. The summed E-state index contributed by atoms with van der Waals surface area (Å²) in [7, 11) is -1.51.